The van der Waals surface area contributed by atoms with E-state index in [4.69, 9.17) is 12.2 Å². The summed E-state index contributed by atoms with van der Waals surface area (Å²) >= 11 is 7.47. The third-order valence-corrected chi connectivity index (χ3v) is 4.98. The summed E-state index contributed by atoms with van der Waals surface area (Å²) in [5.41, 5.74) is 0. The maximum absolute atomic E-state index is 5.40. The molecule has 3 nitrogen and oxygen atoms in total. The van der Waals surface area contributed by atoms with Gasteiger partial charge in [-0.1, -0.05) is 27.2 Å². The molecule has 2 unspecified atom stereocenters. The van der Waals surface area contributed by atoms with Crippen LogP contribution in [0.3, 0.4) is 0 Å². The van der Waals surface area contributed by atoms with Crippen LogP contribution in [0.5, 0.6) is 0 Å². The summed E-state index contributed by atoms with van der Waals surface area (Å²) in [7, 11) is 0. The molecule has 1 aromatic rings. The van der Waals surface area contributed by atoms with E-state index in [-0.39, 0.29) is 0 Å². The molecule has 1 aliphatic carbocycles. The number of nitrogens with one attached hydrogen (secondary N) is 1. The van der Waals surface area contributed by atoms with Crippen LogP contribution >= 0.6 is 24.0 Å². The van der Waals surface area contributed by atoms with E-state index in [0.717, 1.165) is 10.6 Å². The zero-order valence-corrected chi connectivity index (χ0v) is 12.4. The Bertz CT molecular complexity index is 422. The van der Waals surface area contributed by atoms with Crippen LogP contribution in [0.25, 0.3) is 0 Å². The van der Waals surface area contributed by atoms with Gasteiger partial charge in [-0.15, -0.1) is 0 Å². The Kier molecular flexibility index (Phi) is 4.31. The normalized spacial score (nSPS) is 24.7. The van der Waals surface area contributed by atoms with E-state index in [1.807, 2.05) is 0 Å². The lowest BCUT2D eigenvalue weighted by Gasteiger charge is -2.22. The van der Waals surface area contributed by atoms with E-state index >= 15 is 0 Å². The monoisotopic (exact) mass is 271 g/mol. The molecule has 1 fully saturated rings. The van der Waals surface area contributed by atoms with E-state index in [1.165, 1.54) is 25.0 Å². The smallest absolute Gasteiger partial charge is 0.195 e. The van der Waals surface area contributed by atoms with Gasteiger partial charge in [0.25, 0.3) is 0 Å². The van der Waals surface area contributed by atoms with Gasteiger partial charge in [-0.3, -0.25) is 9.67 Å². The summed E-state index contributed by atoms with van der Waals surface area (Å²) in [5.74, 6) is 2.73. The molecule has 0 spiro atoms. The summed E-state index contributed by atoms with van der Waals surface area (Å²) in [5, 5.41) is 8.07. The number of H-pyrrole nitrogens is 1. The molecule has 0 amide bonds. The Labute approximate surface area is 112 Å². The topological polar surface area (TPSA) is 33.6 Å². The molecule has 96 valence electrons. The van der Waals surface area contributed by atoms with Crippen LogP contribution in [-0.4, -0.2) is 25.8 Å². The van der Waals surface area contributed by atoms with Crippen LogP contribution in [0, 0.1) is 4.77 Å². The van der Waals surface area contributed by atoms with Crippen molar-refractivity contribution in [3.63, 3.8) is 0 Å². The second-order valence-electron chi connectivity index (χ2n) is 4.90. The molecular weight excluding hydrogens is 250 g/mol. The maximum Gasteiger partial charge on any atom is 0.195 e. The molecule has 0 aromatic carbocycles. The molecule has 0 saturated heterocycles. The number of nitrogens with zero attached hydrogens (tertiary/aromatic N) is 2. The van der Waals surface area contributed by atoms with Crippen molar-refractivity contribution in [2.75, 3.05) is 5.75 Å². The minimum atomic E-state index is 0.427. The first-order valence-electron chi connectivity index (χ1n) is 6.43. The highest BCUT2D eigenvalue weighted by molar-refractivity contribution is 7.99. The average molecular weight is 271 g/mol. The van der Waals surface area contributed by atoms with Gasteiger partial charge in [-0.25, -0.2) is 0 Å². The highest BCUT2D eigenvalue weighted by atomic mass is 32.2. The van der Waals surface area contributed by atoms with Crippen molar-refractivity contribution in [1.29, 1.82) is 0 Å². The molecule has 1 aromatic heterocycles. The predicted molar refractivity (Wildman–Crippen MR) is 76.3 cm³/mol. The lowest BCUT2D eigenvalue weighted by atomic mass is 10.1. The van der Waals surface area contributed by atoms with Crippen molar-refractivity contribution in [1.82, 2.24) is 14.8 Å². The van der Waals surface area contributed by atoms with Gasteiger partial charge in [0.05, 0.1) is 0 Å². The molecule has 2 atom stereocenters. The van der Waals surface area contributed by atoms with Gasteiger partial charge < -0.3 is 0 Å². The standard InChI is InChI=1S/C12H21N3S2/c1-4-17-10-7-5-6-9(10)15-11(8(2)3)13-14-12(15)16/h8-10H,4-7H2,1-3H3,(H,14,16). The van der Waals surface area contributed by atoms with Crippen LogP contribution in [0.15, 0.2) is 0 Å². The summed E-state index contributed by atoms with van der Waals surface area (Å²) in [6.45, 7) is 6.59. The van der Waals surface area contributed by atoms with Crippen LogP contribution in [0.2, 0.25) is 0 Å². The fraction of sp³-hybridized carbons (Fsp3) is 0.833. The van der Waals surface area contributed by atoms with Crippen molar-refractivity contribution < 1.29 is 0 Å². The fourth-order valence-electron chi connectivity index (χ4n) is 2.65. The van der Waals surface area contributed by atoms with Crippen molar-refractivity contribution in [3.8, 4) is 0 Å². The molecule has 17 heavy (non-hydrogen) atoms. The van der Waals surface area contributed by atoms with Gasteiger partial charge in [-0.05, 0) is 30.8 Å². The van der Waals surface area contributed by atoms with Crippen molar-refractivity contribution in [2.45, 2.75) is 57.2 Å². The first kappa shape index (κ1) is 13.1. The lowest BCUT2D eigenvalue weighted by molar-refractivity contribution is 0.489. The van der Waals surface area contributed by atoms with E-state index in [0.29, 0.717) is 17.2 Å². The Morgan fingerprint density at radius 2 is 2.29 bits per heavy atom. The zero-order valence-electron chi connectivity index (χ0n) is 10.8. The summed E-state index contributed by atoms with van der Waals surface area (Å²) in [6.07, 6.45) is 3.87. The summed E-state index contributed by atoms with van der Waals surface area (Å²) in [4.78, 5) is 0. The summed E-state index contributed by atoms with van der Waals surface area (Å²) < 4.78 is 3.07. The molecule has 1 aliphatic rings. The van der Waals surface area contributed by atoms with Crippen molar-refractivity contribution in [2.24, 2.45) is 0 Å². The first-order valence-corrected chi connectivity index (χ1v) is 7.89. The molecule has 1 heterocycles. The van der Waals surface area contributed by atoms with Gasteiger partial charge in [0.15, 0.2) is 4.77 Å². The fourth-order valence-corrected chi connectivity index (χ4v) is 4.17. The third-order valence-electron chi connectivity index (χ3n) is 3.38. The minimum absolute atomic E-state index is 0.427. The second-order valence-corrected chi connectivity index (χ2v) is 6.81. The Morgan fingerprint density at radius 1 is 1.53 bits per heavy atom. The van der Waals surface area contributed by atoms with Crippen LogP contribution in [-0.2, 0) is 0 Å². The Morgan fingerprint density at radius 3 is 2.94 bits per heavy atom. The maximum atomic E-state index is 5.40. The second kappa shape index (κ2) is 5.57. The molecule has 0 bridgehead atoms. The van der Waals surface area contributed by atoms with E-state index in [1.54, 1.807) is 0 Å². The largest absolute Gasteiger partial charge is 0.300 e. The number of hydrogen-bond acceptors (Lipinski definition) is 3. The average Bonchev–Trinajstić information content (AvgIpc) is 2.85. The lowest BCUT2D eigenvalue weighted by Crippen LogP contribution is -2.19. The first-order chi connectivity index (χ1) is 8.15. The molecule has 2 rings (SSSR count). The quantitative estimate of drug-likeness (QED) is 0.843. The zero-order chi connectivity index (χ0) is 12.4. The summed E-state index contributed by atoms with van der Waals surface area (Å²) in [6, 6.07) is 0.545. The molecule has 0 aliphatic heterocycles. The molecule has 5 heteroatoms. The highest BCUT2D eigenvalue weighted by Crippen LogP contribution is 2.39. The van der Waals surface area contributed by atoms with Gasteiger partial charge >= 0.3 is 0 Å². The van der Waals surface area contributed by atoms with Crippen LogP contribution in [0.1, 0.15) is 57.8 Å². The van der Waals surface area contributed by atoms with Gasteiger partial charge in [0.1, 0.15) is 5.82 Å². The van der Waals surface area contributed by atoms with Gasteiger partial charge in [0, 0.05) is 17.2 Å². The third kappa shape index (κ3) is 2.60. The van der Waals surface area contributed by atoms with E-state index in [2.05, 4.69) is 47.3 Å². The van der Waals surface area contributed by atoms with Crippen LogP contribution in [0.4, 0.5) is 0 Å². The Hall–Kier alpha value is -0.290. The highest BCUT2D eigenvalue weighted by Gasteiger charge is 2.31. The SMILES string of the molecule is CCSC1CCCC1n1c(C(C)C)n[nH]c1=S. The molecule has 0 radical (unpaired) electrons. The number of hydrogen-bond donors (Lipinski definition) is 1. The number of aromatic amines is 1. The van der Waals surface area contributed by atoms with Crippen molar-refractivity contribution >= 4 is 24.0 Å². The van der Waals surface area contributed by atoms with Gasteiger partial charge in [0.2, 0.25) is 0 Å². The van der Waals surface area contributed by atoms with E-state index in [9.17, 15) is 0 Å². The minimum Gasteiger partial charge on any atom is -0.300 e. The molecular formula is C12H21N3S2. The Balaban J connectivity index is 2.32. The van der Waals surface area contributed by atoms with E-state index < -0.39 is 0 Å². The predicted octanol–water partition coefficient (Wildman–Crippen LogP) is 3.91. The number of rotatable bonds is 4. The van der Waals surface area contributed by atoms with Crippen LogP contribution < -0.4 is 0 Å². The van der Waals surface area contributed by atoms with Crippen molar-refractivity contribution in [3.05, 3.63) is 10.6 Å². The molecule has 1 saturated carbocycles. The number of aromatic nitrogens is 3. The number of thioether (sulfide) groups is 1. The molecule has 1 N–H and O–H groups in total. The van der Waals surface area contributed by atoms with Gasteiger partial charge in [-0.2, -0.15) is 16.9 Å².